The number of guanidine groups is 1. The molecule has 1 saturated heterocycles. The molecule has 1 aliphatic heterocycles. The van der Waals surface area contributed by atoms with E-state index in [2.05, 4.69) is 78.9 Å². The number of rotatable bonds is 3. The summed E-state index contributed by atoms with van der Waals surface area (Å²) in [5.74, 6) is 0.628. The molecule has 1 fully saturated rings. The zero-order valence-electron chi connectivity index (χ0n) is 16.7. The van der Waals surface area contributed by atoms with E-state index < -0.39 is 6.09 Å². The molecule has 142 valence electrons. The fraction of sp³-hybridized carbons (Fsp3) is 0.364. The van der Waals surface area contributed by atoms with E-state index in [4.69, 9.17) is 4.74 Å². The fourth-order valence-electron chi connectivity index (χ4n) is 3.79. The molecule has 0 aromatic heterocycles. The summed E-state index contributed by atoms with van der Waals surface area (Å²) in [5, 5.41) is 0. The molecule has 27 heavy (non-hydrogen) atoms. The van der Waals surface area contributed by atoms with Crippen LogP contribution in [0.5, 0.6) is 0 Å². The molecule has 0 aliphatic carbocycles. The van der Waals surface area contributed by atoms with Crippen LogP contribution in [0.25, 0.3) is 0 Å². The van der Waals surface area contributed by atoms with E-state index in [-0.39, 0.29) is 0 Å². The van der Waals surface area contributed by atoms with Gasteiger partial charge in [-0.3, -0.25) is 0 Å². The number of benzene rings is 2. The first-order chi connectivity index (χ1) is 12.9. The van der Waals surface area contributed by atoms with Crippen LogP contribution >= 0.6 is 0 Å². The molecule has 0 saturated carbocycles. The molecule has 1 amide bonds. The SMILES string of the molecule is CCOC(=O)N=C1N(c2c(C)cccc2C)CCN1c1c(C)cccc1C. The molecular weight excluding hydrogens is 338 g/mol. The van der Waals surface area contributed by atoms with Gasteiger partial charge in [-0.2, -0.15) is 0 Å². The highest BCUT2D eigenvalue weighted by atomic mass is 16.5. The maximum atomic E-state index is 12.2. The Morgan fingerprint density at radius 3 is 1.67 bits per heavy atom. The Morgan fingerprint density at radius 2 is 1.30 bits per heavy atom. The van der Waals surface area contributed by atoms with Crippen molar-refractivity contribution in [2.45, 2.75) is 34.6 Å². The normalized spacial score (nSPS) is 13.9. The quantitative estimate of drug-likeness (QED) is 0.787. The molecular formula is C22H27N3O2. The van der Waals surface area contributed by atoms with Crippen molar-refractivity contribution < 1.29 is 9.53 Å². The van der Waals surface area contributed by atoms with E-state index in [1.54, 1.807) is 6.92 Å². The lowest BCUT2D eigenvalue weighted by molar-refractivity contribution is 0.163. The van der Waals surface area contributed by atoms with Crippen molar-refractivity contribution in [1.82, 2.24) is 0 Å². The summed E-state index contributed by atoms with van der Waals surface area (Å²) in [6, 6.07) is 12.5. The lowest BCUT2D eigenvalue weighted by Gasteiger charge is -2.27. The Balaban J connectivity index is 2.12. The molecule has 5 nitrogen and oxygen atoms in total. The molecule has 2 aromatic rings. The first-order valence-electron chi connectivity index (χ1n) is 9.37. The average Bonchev–Trinajstić information content (AvgIpc) is 2.98. The third kappa shape index (κ3) is 3.68. The van der Waals surface area contributed by atoms with E-state index in [1.807, 2.05) is 0 Å². The second-order valence-corrected chi connectivity index (χ2v) is 6.89. The second-order valence-electron chi connectivity index (χ2n) is 6.89. The number of anilines is 2. The van der Waals surface area contributed by atoms with Crippen LogP contribution in [-0.2, 0) is 4.74 Å². The summed E-state index contributed by atoms with van der Waals surface area (Å²) in [6.45, 7) is 12.0. The Bertz CT molecular complexity index is 787. The Kier molecular flexibility index (Phi) is 5.49. The van der Waals surface area contributed by atoms with Gasteiger partial charge < -0.3 is 14.5 Å². The van der Waals surface area contributed by atoms with E-state index in [1.165, 1.54) is 0 Å². The minimum absolute atomic E-state index is 0.308. The van der Waals surface area contributed by atoms with Gasteiger partial charge in [-0.15, -0.1) is 4.99 Å². The van der Waals surface area contributed by atoms with Gasteiger partial charge in [0.2, 0.25) is 5.96 Å². The number of nitrogens with zero attached hydrogens (tertiary/aromatic N) is 3. The summed E-state index contributed by atoms with van der Waals surface area (Å²) in [6.07, 6.45) is -0.554. The number of hydrogen-bond acceptors (Lipinski definition) is 2. The molecule has 5 heteroatoms. The molecule has 0 atom stereocenters. The number of aryl methyl sites for hydroxylation is 4. The number of amides is 1. The van der Waals surface area contributed by atoms with Gasteiger partial charge in [0.15, 0.2) is 0 Å². The highest BCUT2D eigenvalue weighted by molar-refractivity contribution is 6.13. The van der Waals surface area contributed by atoms with Crippen LogP contribution in [0, 0.1) is 27.7 Å². The maximum absolute atomic E-state index is 12.2. The summed E-state index contributed by atoms with van der Waals surface area (Å²) in [5.41, 5.74) is 6.86. The molecule has 1 heterocycles. The van der Waals surface area contributed by atoms with Crippen molar-refractivity contribution in [3.63, 3.8) is 0 Å². The summed E-state index contributed by atoms with van der Waals surface area (Å²) < 4.78 is 5.11. The molecule has 3 rings (SSSR count). The molecule has 0 radical (unpaired) electrons. The first kappa shape index (κ1) is 19.0. The van der Waals surface area contributed by atoms with Crippen LogP contribution in [0.4, 0.5) is 16.2 Å². The van der Waals surface area contributed by atoms with Gasteiger partial charge in [-0.25, -0.2) is 4.79 Å². The average molecular weight is 365 g/mol. The number of aliphatic imine (C=N–C) groups is 1. The van der Waals surface area contributed by atoms with Gasteiger partial charge in [-0.05, 0) is 56.9 Å². The van der Waals surface area contributed by atoms with Crippen molar-refractivity contribution in [1.29, 1.82) is 0 Å². The minimum atomic E-state index is -0.554. The largest absolute Gasteiger partial charge is 0.448 e. The number of carbonyl (C=O) groups excluding carboxylic acids is 1. The van der Waals surface area contributed by atoms with Gasteiger partial charge in [0, 0.05) is 24.5 Å². The van der Waals surface area contributed by atoms with Crippen LogP contribution in [0.2, 0.25) is 0 Å². The van der Waals surface area contributed by atoms with Crippen molar-refractivity contribution in [2.24, 2.45) is 4.99 Å². The number of hydrogen-bond donors (Lipinski definition) is 0. The molecule has 1 aliphatic rings. The highest BCUT2D eigenvalue weighted by Gasteiger charge is 2.32. The summed E-state index contributed by atoms with van der Waals surface area (Å²) >= 11 is 0. The second kappa shape index (κ2) is 7.82. The molecule has 0 spiro atoms. The predicted octanol–water partition coefficient (Wildman–Crippen LogP) is 4.76. The van der Waals surface area contributed by atoms with Crippen molar-refractivity contribution in [2.75, 3.05) is 29.5 Å². The van der Waals surface area contributed by atoms with Crippen molar-refractivity contribution >= 4 is 23.4 Å². The molecule has 0 N–H and O–H groups in total. The van der Waals surface area contributed by atoms with Crippen LogP contribution in [0.1, 0.15) is 29.2 Å². The Morgan fingerprint density at radius 1 is 0.889 bits per heavy atom. The maximum Gasteiger partial charge on any atom is 0.436 e. The lowest BCUT2D eigenvalue weighted by Crippen LogP contribution is -2.36. The summed E-state index contributed by atoms with van der Waals surface area (Å²) in [7, 11) is 0. The third-order valence-corrected chi connectivity index (χ3v) is 4.91. The van der Waals surface area contributed by atoms with Crippen molar-refractivity contribution in [3.8, 4) is 0 Å². The van der Waals surface area contributed by atoms with Crippen LogP contribution in [0.3, 0.4) is 0 Å². The molecule has 0 unspecified atom stereocenters. The lowest BCUT2D eigenvalue weighted by atomic mass is 10.1. The zero-order chi connectivity index (χ0) is 19.6. The van der Waals surface area contributed by atoms with Crippen LogP contribution in [0.15, 0.2) is 41.4 Å². The van der Waals surface area contributed by atoms with Crippen molar-refractivity contribution in [3.05, 3.63) is 58.7 Å². The van der Waals surface area contributed by atoms with E-state index in [0.29, 0.717) is 12.6 Å². The predicted molar refractivity (Wildman–Crippen MR) is 111 cm³/mol. The number of carbonyl (C=O) groups is 1. The smallest absolute Gasteiger partial charge is 0.436 e. The fourth-order valence-corrected chi connectivity index (χ4v) is 3.79. The van der Waals surface area contributed by atoms with Gasteiger partial charge in [0.1, 0.15) is 0 Å². The first-order valence-corrected chi connectivity index (χ1v) is 9.37. The monoisotopic (exact) mass is 365 g/mol. The Hall–Kier alpha value is -2.82. The van der Waals surface area contributed by atoms with E-state index >= 15 is 0 Å². The third-order valence-electron chi connectivity index (χ3n) is 4.91. The minimum Gasteiger partial charge on any atom is -0.448 e. The topological polar surface area (TPSA) is 45.1 Å². The number of para-hydroxylation sites is 2. The highest BCUT2D eigenvalue weighted by Crippen LogP contribution is 2.33. The summed E-state index contributed by atoms with van der Waals surface area (Å²) in [4.78, 5) is 20.8. The standard InChI is InChI=1S/C22H27N3O2/c1-6-27-22(26)23-21-24(19-15(2)9-7-10-16(19)3)13-14-25(21)20-17(4)11-8-12-18(20)5/h7-12H,6,13-14H2,1-5H3. The zero-order valence-corrected chi connectivity index (χ0v) is 16.7. The van der Waals surface area contributed by atoms with Crippen LogP contribution in [-0.4, -0.2) is 31.7 Å². The van der Waals surface area contributed by atoms with E-state index in [0.717, 1.165) is 46.7 Å². The van der Waals surface area contributed by atoms with E-state index in [9.17, 15) is 4.79 Å². The number of ether oxygens (including phenoxy) is 1. The van der Waals surface area contributed by atoms with Gasteiger partial charge >= 0.3 is 6.09 Å². The van der Waals surface area contributed by atoms with Crippen LogP contribution < -0.4 is 9.80 Å². The molecule has 0 bridgehead atoms. The molecule has 2 aromatic carbocycles. The van der Waals surface area contributed by atoms with Gasteiger partial charge in [0.25, 0.3) is 0 Å². The Labute approximate surface area is 161 Å². The van der Waals surface area contributed by atoms with Gasteiger partial charge in [0.05, 0.1) is 6.61 Å². The van der Waals surface area contributed by atoms with Gasteiger partial charge in [-0.1, -0.05) is 36.4 Å².